The zero-order valence-electron chi connectivity index (χ0n) is 10.7. The second-order valence-electron chi connectivity index (χ2n) is 5.27. The lowest BCUT2D eigenvalue weighted by Crippen LogP contribution is -2.30. The third-order valence-corrected chi connectivity index (χ3v) is 3.83. The smallest absolute Gasteiger partial charge is 0.387 e. The van der Waals surface area contributed by atoms with E-state index in [1.165, 1.54) is 10.9 Å². The Kier molecular flexibility index (Phi) is 3.56. The standard InChI is InChI=1S/C12H19F2N3O/c1-12(5-3-4-6-12)10(15)9-8(18-11(13)14)7-17(2)16-9/h7,10-11H,3-6,15H2,1-2H3. The van der Waals surface area contributed by atoms with Crippen LogP contribution < -0.4 is 10.5 Å². The zero-order chi connectivity index (χ0) is 13.3. The second-order valence-corrected chi connectivity index (χ2v) is 5.27. The molecule has 1 fully saturated rings. The van der Waals surface area contributed by atoms with Crippen molar-refractivity contribution in [3.05, 3.63) is 11.9 Å². The van der Waals surface area contributed by atoms with Crippen LogP contribution in [0.2, 0.25) is 0 Å². The van der Waals surface area contributed by atoms with Crippen molar-refractivity contribution in [1.82, 2.24) is 9.78 Å². The van der Waals surface area contributed by atoms with Gasteiger partial charge in [0.1, 0.15) is 5.69 Å². The largest absolute Gasteiger partial charge is 0.431 e. The molecule has 0 bridgehead atoms. The van der Waals surface area contributed by atoms with Gasteiger partial charge in [-0.05, 0) is 18.3 Å². The van der Waals surface area contributed by atoms with Crippen LogP contribution in [-0.2, 0) is 7.05 Å². The summed E-state index contributed by atoms with van der Waals surface area (Å²) in [5, 5.41) is 4.19. The molecule has 0 saturated heterocycles. The molecule has 18 heavy (non-hydrogen) atoms. The van der Waals surface area contributed by atoms with Crippen LogP contribution >= 0.6 is 0 Å². The van der Waals surface area contributed by atoms with Crippen LogP contribution in [0.25, 0.3) is 0 Å². The van der Waals surface area contributed by atoms with Gasteiger partial charge in [0, 0.05) is 7.05 Å². The molecule has 1 aliphatic rings. The number of aryl methyl sites for hydroxylation is 1. The SMILES string of the molecule is Cn1cc(OC(F)F)c(C(N)C2(C)CCCC2)n1. The highest BCUT2D eigenvalue weighted by Crippen LogP contribution is 2.47. The molecule has 1 unspecified atom stereocenters. The van der Waals surface area contributed by atoms with E-state index < -0.39 is 6.61 Å². The molecule has 0 aromatic carbocycles. The van der Waals surface area contributed by atoms with Gasteiger partial charge in [0.25, 0.3) is 0 Å². The molecule has 0 aliphatic heterocycles. The second kappa shape index (κ2) is 4.84. The number of nitrogens with zero attached hydrogens (tertiary/aromatic N) is 2. The maximum absolute atomic E-state index is 12.3. The van der Waals surface area contributed by atoms with Crippen molar-refractivity contribution in [2.24, 2.45) is 18.2 Å². The fraction of sp³-hybridized carbons (Fsp3) is 0.750. The summed E-state index contributed by atoms with van der Waals surface area (Å²) in [6, 6.07) is -0.366. The first kappa shape index (κ1) is 13.3. The van der Waals surface area contributed by atoms with Crippen LogP contribution in [0.4, 0.5) is 8.78 Å². The van der Waals surface area contributed by atoms with Gasteiger partial charge in [-0.15, -0.1) is 0 Å². The van der Waals surface area contributed by atoms with Crippen molar-refractivity contribution in [3.8, 4) is 5.75 Å². The highest BCUT2D eigenvalue weighted by Gasteiger charge is 2.38. The third kappa shape index (κ3) is 2.48. The van der Waals surface area contributed by atoms with Crippen molar-refractivity contribution in [3.63, 3.8) is 0 Å². The zero-order valence-corrected chi connectivity index (χ0v) is 10.7. The monoisotopic (exact) mass is 259 g/mol. The number of halogens is 2. The van der Waals surface area contributed by atoms with E-state index in [1.54, 1.807) is 7.05 Å². The highest BCUT2D eigenvalue weighted by molar-refractivity contribution is 5.29. The van der Waals surface area contributed by atoms with Crippen LogP contribution in [0.15, 0.2) is 6.20 Å². The maximum Gasteiger partial charge on any atom is 0.387 e. The van der Waals surface area contributed by atoms with Crippen molar-refractivity contribution in [1.29, 1.82) is 0 Å². The first-order chi connectivity index (χ1) is 8.42. The van der Waals surface area contributed by atoms with E-state index in [0.29, 0.717) is 5.69 Å². The van der Waals surface area contributed by atoms with E-state index in [0.717, 1.165) is 25.7 Å². The first-order valence-corrected chi connectivity index (χ1v) is 6.16. The Morgan fingerprint density at radius 3 is 2.61 bits per heavy atom. The summed E-state index contributed by atoms with van der Waals surface area (Å²) in [4.78, 5) is 0. The van der Waals surface area contributed by atoms with Crippen molar-refractivity contribution < 1.29 is 13.5 Å². The van der Waals surface area contributed by atoms with Gasteiger partial charge in [-0.2, -0.15) is 13.9 Å². The van der Waals surface area contributed by atoms with Gasteiger partial charge in [-0.25, -0.2) is 0 Å². The Morgan fingerprint density at radius 1 is 1.44 bits per heavy atom. The lowest BCUT2D eigenvalue weighted by atomic mass is 9.79. The average molecular weight is 259 g/mol. The van der Waals surface area contributed by atoms with Gasteiger partial charge in [0.05, 0.1) is 12.2 Å². The molecule has 2 N–H and O–H groups in total. The van der Waals surface area contributed by atoms with E-state index >= 15 is 0 Å². The van der Waals surface area contributed by atoms with Crippen LogP contribution in [0.3, 0.4) is 0 Å². The molecule has 1 aromatic rings. The van der Waals surface area contributed by atoms with E-state index in [4.69, 9.17) is 5.73 Å². The molecule has 2 rings (SSSR count). The van der Waals surface area contributed by atoms with Crippen molar-refractivity contribution >= 4 is 0 Å². The Bertz CT molecular complexity index is 413. The Morgan fingerprint density at radius 2 is 2.06 bits per heavy atom. The molecule has 0 radical (unpaired) electrons. The molecule has 4 nitrogen and oxygen atoms in total. The summed E-state index contributed by atoms with van der Waals surface area (Å²) in [6.45, 7) is -0.762. The fourth-order valence-corrected chi connectivity index (χ4v) is 2.71. The van der Waals surface area contributed by atoms with Crippen LogP contribution in [0.5, 0.6) is 5.75 Å². The normalized spacial score (nSPS) is 20.3. The molecule has 6 heteroatoms. The van der Waals surface area contributed by atoms with Crippen LogP contribution in [0.1, 0.15) is 44.3 Å². The molecule has 1 aromatic heterocycles. The number of nitrogens with two attached hydrogens (primary N) is 1. The molecular weight excluding hydrogens is 240 g/mol. The Labute approximate surface area is 105 Å². The van der Waals surface area contributed by atoms with Crippen molar-refractivity contribution in [2.45, 2.75) is 45.3 Å². The molecule has 0 spiro atoms. The predicted octanol–water partition coefficient (Wildman–Crippen LogP) is 2.60. The maximum atomic E-state index is 12.3. The summed E-state index contributed by atoms with van der Waals surface area (Å²) in [7, 11) is 1.67. The molecule has 0 amide bonds. The number of aromatic nitrogens is 2. The summed E-state index contributed by atoms with van der Waals surface area (Å²) < 4.78 is 30.7. The topological polar surface area (TPSA) is 53.1 Å². The van der Waals surface area contributed by atoms with Gasteiger partial charge >= 0.3 is 6.61 Å². The lowest BCUT2D eigenvalue weighted by Gasteiger charge is -2.30. The van der Waals surface area contributed by atoms with Crippen LogP contribution in [0, 0.1) is 5.41 Å². The van der Waals surface area contributed by atoms with Gasteiger partial charge in [-0.3, -0.25) is 4.68 Å². The summed E-state index contributed by atoms with van der Waals surface area (Å²) in [5.41, 5.74) is 6.58. The highest BCUT2D eigenvalue weighted by atomic mass is 19.3. The van der Waals surface area contributed by atoms with Gasteiger partial charge in [0.15, 0.2) is 5.75 Å². The lowest BCUT2D eigenvalue weighted by molar-refractivity contribution is -0.0510. The van der Waals surface area contributed by atoms with E-state index in [1.807, 2.05) is 0 Å². The van der Waals surface area contributed by atoms with Gasteiger partial charge in [-0.1, -0.05) is 19.8 Å². The molecule has 102 valence electrons. The number of rotatable bonds is 4. The van der Waals surface area contributed by atoms with Crippen LogP contribution in [-0.4, -0.2) is 16.4 Å². The number of ether oxygens (including phenoxy) is 1. The van der Waals surface area contributed by atoms with E-state index in [9.17, 15) is 8.78 Å². The minimum Gasteiger partial charge on any atom is -0.431 e. The summed E-state index contributed by atoms with van der Waals surface area (Å²) in [6.07, 6.45) is 5.70. The molecule has 1 saturated carbocycles. The average Bonchev–Trinajstić information content (AvgIpc) is 2.85. The van der Waals surface area contributed by atoms with Crippen molar-refractivity contribution in [2.75, 3.05) is 0 Å². The Balaban J connectivity index is 2.26. The molecule has 1 heterocycles. The molecular formula is C12H19F2N3O. The number of alkyl halides is 2. The summed E-state index contributed by atoms with van der Waals surface area (Å²) >= 11 is 0. The Hall–Kier alpha value is -1.17. The number of hydrogen-bond donors (Lipinski definition) is 1. The third-order valence-electron chi connectivity index (χ3n) is 3.83. The van der Waals surface area contributed by atoms with E-state index in [-0.39, 0.29) is 17.2 Å². The number of hydrogen-bond acceptors (Lipinski definition) is 3. The van der Waals surface area contributed by atoms with Gasteiger partial charge < -0.3 is 10.5 Å². The fourth-order valence-electron chi connectivity index (χ4n) is 2.71. The quantitative estimate of drug-likeness (QED) is 0.904. The van der Waals surface area contributed by atoms with Gasteiger partial charge in [0.2, 0.25) is 0 Å². The minimum atomic E-state index is -2.85. The molecule has 1 aliphatic carbocycles. The first-order valence-electron chi connectivity index (χ1n) is 6.16. The minimum absolute atomic E-state index is 0.0748. The summed E-state index contributed by atoms with van der Waals surface area (Å²) in [5.74, 6) is 0.0909. The molecule has 1 atom stereocenters. The van der Waals surface area contributed by atoms with E-state index in [2.05, 4.69) is 16.8 Å². The predicted molar refractivity (Wildman–Crippen MR) is 63.3 cm³/mol.